The zero-order valence-corrected chi connectivity index (χ0v) is 19.2. The van der Waals surface area contributed by atoms with Crippen molar-refractivity contribution >= 4 is 28.5 Å². The minimum Gasteiger partial charge on any atom is -0.340 e. The van der Waals surface area contributed by atoms with Gasteiger partial charge in [0.25, 0.3) is 5.91 Å². The number of halogens is 1. The maximum absolute atomic E-state index is 14.0. The van der Waals surface area contributed by atoms with Gasteiger partial charge in [0.05, 0.1) is 16.6 Å². The minimum absolute atomic E-state index is 0.0164. The van der Waals surface area contributed by atoms with Crippen LogP contribution in [0, 0.1) is 13.8 Å². The average molecular weight is 445 g/mol. The number of likely N-dealkylation sites (tertiary alicyclic amines) is 1. The highest BCUT2D eigenvalue weighted by atomic mass is 35.5. The van der Waals surface area contributed by atoms with Crippen LogP contribution in [0.25, 0.3) is 22.2 Å². The van der Waals surface area contributed by atoms with Gasteiger partial charge >= 0.3 is 0 Å². The molecular formula is C26H25ClN4O. The predicted octanol–water partition coefficient (Wildman–Crippen LogP) is 6.05. The van der Waals surface area contributed by atoms with Crippen LogP contribution in [0.15, 0.2) is 54.9 Å². The van der Waals surface area contributed by atoms with Crippen molar-refractivity contribution in [3.8, 4) is 11.1 Å². The van der Waals surface area contributed by atoms with Crippen molar-refractivity contribution in [1.82, 2.24) is 19.9 Å². The second-order valence-corrected chi connectivity index (χ2v) is 9.19. The molecule has 2 aromatic carbocycles. The third-order valence-electron chi connectivity index (χ3n) is 6.62. The molecule has 1 N–H and O–H groups in total. The van der Waals surface area contributed by atoms with E-state index in [4.69, 9.17) is 16.6 Å². The summed E-state index contributed by atoms with van der Waals surface area (Å²) in [4.78, 5) is 28.6. The van der Waals surface area contributed by atoms with Crippen LogP contribution < -0.4 is 0 Å². The molecule has 162 valence electrons. The molecule has 0 saturated carbocycles. The number of carbonyl (C=O) groups excluding carboxylic acids is 1. The van der Waals surface area contributed by atoms with E-state index in [0.29, 0.717) is 17.1 Å². The quantitative estimate of drug-likeness (QED) is 0.418. The van der Waals surface area contributed by atoms with Gasteiger partial charge in [0, 0.05) is 35.1 Å². The van der Waals surface area contributed by atoms with E-state index in [0.717, 1.165) is 52.0 Å². The summed E-state index contributed by atoms with van der Waals surface area (Å²) < 4.78 is 0. The Bertz CT molecular complexity index is 1330. The van der Waals surface area contributed by atoms with E-state index in [1.807, 2.05) is 61.2 Å². The largest absolute Gasteiger partial charge is 0.340 e. The van der Waals surface area contributed by atoms with Crippen LogP contribution in [0.4, 0.5) is 0 Å². The maximum atomic E-state index is 14.0. The summed E-state index contributed by atoms with van der Waals surface area (Å²) in [5.41, 5.74) is 5.81. The smallest absolute Gasteiger partial charge is 0.255 e. The van der Waals surface area contributed by atoms with E-state index in [1.165, 1.54) is 0 Å². The van der Waals surface area contributed by atoms with Crippen LogP contribution >= 0.6 is 11.6 Å². The fourth-order valence-electron chi connectivity index (χ4n) is 4.73. The Morgan fingerprint density at radius 3 is 2.81 bits per heavy atom. The number of hydrogen-bond acceptors (Lipinski definition) is 3. The Balaban J connectivity index is 1.59. The molecule has 0 bridgehead atoms. The zero-order chi connectivity index (χ0) is 22.5. The first-order valence-electron chi connectivity index (χ1n) is 10.9. The highest BCUT2D eigenvalue weighted by Gasteiger charge is 2.44. The van der Waals surface area contributed by atoms with Crippen molar-refractivity contribution in [1.29, 1.82) is 0 Å². The Morgan fingerprint density at radius 1 is 1.19 bits per heavy atom. The Hall–Kier alpha value is -3.18. The van der Waals surface area contributed by atoms with Gasteiger partial charge in [-0.05, 0) is 69.0 Å². The van der Waals surface area contributed by atoms with Gasteiger partial charge in [0.2, 0.25) is 0 Å². The van der Waals surface area contributed by atoms with Crippen molar-refractivity contribution in [3.05, 3.63) is 82.4 Å². The average Bonchev–Trinajstić information content (AvgIpc) is 3.42. The standard InChI is InChI=1S/C26H25ClN4O/c1-16-7-8-19(18-6-4-12-28-15-18)20(14-16)24(32)31-13-5-11-26(31,3)25-29-22-10-9-21(27)17(2)23(22)30-25/h4,6-10,12,14-15H,5,11,13H2,1-3H3,(H,29,30). The van der Waals surface area contributed by atoms with Crippen molar-refractivity contribution in [3.63, 3.8) is 0 Å². The van der Waals surface area contributed by atoms with Gasteiger partial charge in [0.1, 0.15) is 5.82 Å². The number of nitrogens with zero attached hydrogens (tertiary/aromatic N) is 3. The number of amides is 1. The summed E-state index contributed by atoms with van der Waals surface area (Å²) in [6, 6.07) is 13.7. The Morgan fingerprint density at radius 2 is 2.03 bits per heavy atom. The molecule has 2 aromatic heterocycles. The van der Waals surface area contributed by atoms with Crippen LogP contribution in [0.5, 0.6) is 0 Å². The van der Waals surface area contributed by atoms with E-state index in [-0.39, 0.29) is 5.91 Å². The van der Waals surface area contributed by atoms with Crippen molar-refractivity contribution in [2.45, 2.75) is 39.2 Å². The number of rotatable bonds is 3. The first-order valence-corrected chi connectivity index (χ1v) is 11.2. The summed E-state index contributed by atoms with van der Waals surface area (Å²) in [5, 5.41) is 0.695. The van der Waals surface area contributed by atoms with Gasteiger partial charge in [0.15, 0.2) is 0 Å². The summed E-state index contributed by atoms with van der Waals surface area (Å²) in [7, 11) is 0. The lowest BCUT2D eigenvalue weighted by atomic mass is 9.94. The highest BCUT2D eigenvalue weighted by Crippen LogP contribution is 2.40. The summed E-state index contributed by atoms with van der Waals surface area (Å²) >= 11 is 6.32. The van der Waals surface area contributed by atoms with Crippen molar-refractivity contribution < 1.29 is 4.79 Å². The molecule has 1 atom stereocenters. The summed E-state index contributed by atoms with van der Waals surface area (Å²) in [6.45, 7) is 6.78. The van der Waals surface area contributed by atoms with Gasteiger partial charge in [-0.1, -0.05) is 35.4 Å². The molecule has 1 saturated heterocycles. The van der Waals surface area contributed by atoms with Gasteiger partial charge in [-0.2, -0.15) is 0 Å². The number of hydrogen-bond donors (Lipinski definition) is 1. The maximum Gasteiger partial charge on any atom is 0.255 e. The first kappa shape index (κ1) is 20.7. The van der Waals surface area contributed by atoms with E-state index in [1.54, 1.807) is 12.4 Å². The second-order valence-electron chi connectivity index (χ2n) is 8.78. The Kier molecular flexibility index (Phi) is 5.01. The summed E-state index contributed by atoms with van der Waals surface area (Å²) in [6.07, 6.45) is 5.31. The van der Waals surface area contributed by atoms with E-state index in [9.17, 15) is 4.79 Å². The van der Waals surface area contributed by atoms with Gasteiger partial charge in [-0.25, -0.2) is 4.98 Å². The molecule has 1 aliphatic rings. The zero-order valence-electron chi connectivity index (χ0n) is 18.4. The molecule has 6 heteroatoms. The SMILES string of the molecule is Cc1ccc(-c2cccnc2)c(C(=O)N2CCCC2(C)c2nc3c(C)c(Cl)ccc3[nH]2)c1. The fourth-order valence-corrected chi connectivity index (χ4v) is 4.88. The van der Waals surface area contributed by atoms with Gasteiger partial charge in [-0.3, -0.25) is 9.78 Å². The molecule has 1 fully saturated rings. The lowest BCUT2D eigenvalue weighted by Crippen LogP contribution is -2.43. The third-order valence-corrected chi connectivity index (χ3v) is 7.03. The van der Waals surface area contributed by atoms with Crippen molar-refractivity contribution in [2.24, 2.45) is 0 Å². The molecule has 1 aliphatic heterocycles. The molecule has 5 nitrogen and oxygen atoms in total. The number of imidazole rings is 1. The molecule has 3 heterocycles. The van der Waals surface area contributed by atoms with Crippen molar-refractivity contribution in [2.75, 3.05) is 6.54 Å². The van der Waals surface area contributed by atoms with Crippen LogP contribution in [0.1, 0.15) is 47.1 Å². The monoisotopic (exact) mass is 444 g/mol. The van der Waals surface area contributed by atoms with E-state index in [2.05, 4.69) is 16.9 Å². The number of H-pyrrole nitrogens is 1. The number of carbonyl (C=O) groups is 1. The number of nitrogens with one attached hydrogen (secondary N) is 1. The normalized spacial score (nSPS) is 18.4. The first-order chi connectivity index (χ1) is 15.4. The van der Waals surface area contributed by atoms with Gasteiger partial charge in [-0.15, -0.1) is 0 Å². The lowest BCUT2D eigenvalue weighted by Gasteiger charge is -2.34. The molecule has 1 unspecified atom stereocenters. The highest BCUT2D eigenvalue weighted by molar-refractivity contribution is 6.32. The fraction of sp³-hybridized carbons (Fsp3) is 0.269. The van der Waals surface area contributed by atoms with E-state index < -0.39 is 5.54 Å². The molecule has 0 aliphatic carbocycles. The summed E-state index contributed by atoms with van der Waals surface area (Å²) in [5.74, 6) is 0.821. The molecule has 5 rings (SSSR count). The van der Waals surface area contributed by atoms with Gasteiger partial charge < -0.3 is 9.88 Å². The number of aryl methyl sites for hydroxylation is 2. The second kappa shape index (κ2) is 7.75. The molecule has 4 aromatic rings. The topological polar surface area (TPSA) is 61.9 Å². The van der Waals surface area contributed by atoms with Crippen LogP contribution in [0.3, 0.4) is 0 Å². The molecule has 32 heavy (non-hydrogen) atoms. The number of aromatic nitrogens is 3. The molecule has 0 radical (unpaired) electrons. The lowest BCUT2D eigenvalue weighted by molar-refractivity contribution is 0.0606. The van der Waals surface area contributed by atoms with Crippen LogP contribution in [0.2, 0.25) is 5.02 Å². The molecular weight excluding hydrogens is 420 g/mol. The van der Waals surface area contributed by atoms with Crippen LogP contribution in [-0.4, -0.2) is 32.3 Å². The number of pyridine rings is 1. The predicted molar refractivity (Wildman–Crippen MR) is 128 cm³/mol. The third kappa shape index (κ3) is 3.28. The molecule has 1 amide bonds. The number of aromatic amines is 1. The van der Waals surface area contributed by atoms with E-state index >= 15 is 0 Å². The molecule has 0 spiro atoms. The Labute approximate surface area is 192 Å². The van der Waals surface area contributed by atoms with Crippen LogP contribution in [-0.2, 0) is 5.54 Å². The number of fused-ring (bicyclic) bond motifs is 1. The minimum atomic E-state index is -0.523. The number of benzene rings is 2.